The first kappa shape index (κ1) is 26.3. The van der Waals surface area contributed by atoms with Crippen molar-refractivity contribution in [2.75, 3.05) is 14.2 Å². The molecule has 0 atom stereocenters. The molecule has 0 unspecified atom stereocenters. The molecule has 0 saturated heterocycles. The number of nitrogens with zero attached hydrogens (tertiary/aromatic N) is 2. The summed E-state index contributed by atoms with van der Waals surface area (Å²) in [6.07, 6.45) is 7.53. The molecule has 0 spiro atoms. The lowest BCUT2D eigenvalue weighted by molar-refractivity contribution is 0.0864. The number of aromatic nitrogens is 1. The largest absolute Gasteiger partial charge is 0.494 e. The van der Waals surface area contributed by atoms with E-state index in [2.05, 4.69) is 6.92 Å². The third kappa shape index (κ3) is 5.70. The van der Waals surface area contributed by atoms with Crippen LogP contribution in [0.2, 0.25) is 0 Å². The Morgan fingerprint density at radius 2 is 1.86 bits per heavy atom. The van der Waals surface area contributed by atoms with Crippen LogP contribution in [-0.4, -0.2) is 29.7 Å². The molecule has 1 fully saturated rings. The Balaban J connectivity index is 1.87. The van der Waals surface area contributed by atoms with E-state index in [4.69, 9.17) is 9.47 Å². The van der Waals surface area contributed by atoms with Gasteiger partial charge in [0.1, 0.15) is 11.6 Å². The van der Waals surface area contributed by atoms with Gasteiger partial charge < -0.3 is 14.6 Å². The lowest BCUT2D eigenvalue weighted by Crippen LogP contribution is -2.30. The maximum Gasteiger partial charge on any atom is 0.271 e. The van der Waals surface area contributed by atoms with Crippen LogP contribution >= 0.6 is 0 Å². The fourth-order valence-electron chi connectivity index (χ4n) is 5.14. The van der Waals surface area contributed by atoms with Gasteiger partial charge >= 0.3 is 0 Å². The summed E-state index contributed by atoms with van der Waals surface area (Å²) in [5.74, 6) is 1.11. The number of Topliss-reactive ketones (excluding diaryl/α,β-unsaturated/α-hetero) is 1. The van der Waals surface area contributed by atoms with E-state index in [1.165, 1.54) is 19.3 Å². The zero-order chi connectivity index (χ0) is 25.5. The van der Waals surface area contributed by atoms with Crippen molar-refractivity contribution in [1.29, 1.82) is 5.26 Å². The van der Waals surface area contributed by atoms with Gasteiger partial charge in [-0.1, -0.05) is 32.3 Å². The van der Waals surface area contributed by atoms with E-state index in [1.54, 1.807) is 27.2 Å². The van der Waals surface area contributed by atoms with Crippen LogP contribution in [0.4, 0.5) is 0 Å². The van der Waals surface area contributed by atoms with Crippen molar-refractivity contribution in [2.24, 2.45) is 11.8 Å². The van der Waals surface area contributed by atoms with Crippen LogP contribution in [0, 0.1) is 30.1 Å². The molecular weight excluding hydrogens is 444 g/mol. The Morgan fingerprint density at radius 3 is 2.46 bits per heavy atom. The number of hydrogen-bond acceptors (Lipinski definition) is 6. The highest BCUT2D eigenvalue weighted by Crippen LogP contribution is 2.36. The van der Waals surface area contributed by atoms with Crippen molar-refractivity contribution in [3.8, 4) is 23.4 Å². The van der Waals surface area contributed by atoms with Gasteiger partial charge in [0.05, 0.1) is 19.8 Å². The quantitative estimate of drug-likeness (QED) is 0.471. The summed E-state index contributed by atoms with van der Waals surface area (Å²) in [6.45, 7) is 3.89. The molecule has 7 nitrogen and oxygen atoms in total. The Hall–Kier alpha value is -3.27. The molecule has 1 heterocycles. The van der Waals surface area contributed by atoms with Crippen LogP contribution in [0.1, 0.15) is 78.9 Å². The molecule has 0 radical (unpaired) electrons. The minimum Gasteiger partial charge on any atom is -0.494 e. The van der Waals surface area contributed by atoms with E-state index in [0.717, 1.165) is 35.8 Å². The Kier molecular flexibility index (Phi) is 8.97. The Morgan fingerprint density at radius 1 is 1.17 bits per heavy atom. The number of ketones is 1. The summed E-state index contributed by atoms with van der Waals surface area (Å²) in [6, 6.07) is 7.40. The van der Waals surface area contributed by atoms with Gasteiger partial charge in [-0.15, -0.1) is 0 Å². The number of carbonyl (C=O) groups excluding carboxylic acids is 1. The van der Waals surface area contributed by atoms with Crippen LogP contribution in [0.25, 0.3) is 0 Å². The Labute approximate surface area is 207 Å². The van der Waals surface area contributed by atoms with Crippen molar-refractivity contribution < 1.29 is 19.4 Å². The highest BCUT2D eigenvalue weighted by Gasteiger charge is 2.32. The van der Waals surface area contributed by atoms with Gasteiger partial charge in [0.15, 0.2) is 17.3 Å². The van der Waals surface area contributed by atoms with Gasteiger partial charge in [-0.25, -0.2) is 0 Å². The van der Waals surface area contributed by atoms with Gasteiger partial charge in [0, 0.05) is 12.5 Å². The number of nitriles is 1. The lowest BCUT2D eigenvalue weighted by Gasteiger charge is -2.28. The molecule has 1 aromatic carbocycles. The van der Waals surface area contributed by atoms with E-state index < -0.39 is 5.56 Å². The maximum absolute atomic E-state index is 13.5. The number of rotatable bonds is 10. The number of ether oxygens (including phenoxy) is 2. The van der Waals surface area contributed by atoms with E-state index in [9.17, 15) is 20.0 Å². The molecule has 1 aromatic heterocycles. The van der Waals surface area contributed by atoms with Crippen molar-refractivity contribution in [3.63, 3.8) is 0 Å². The summed E-state index contributed by atoms with van der Waals surface area (Å²) in [4.78, 5) is 26.5. The summed E-state index contributed by atoms with van der Waals surface area (Å²) < 4.78 is 11.8. The van der Waals surface area contributed by atoms with Crippen LogP contribution in [0.5, 0.6) is 17.4 Å². The third-order valence-corrected chi connectivity index (χ3v) is 7.30. The monoisotopic (exact) mass is 480 g/mol. The molecule has 35 heavy (non-hydrogen) atoms. The predicted octanol–water partition coefficient (Wildman–Crippen LogP) is 5.17. The number of carbonyl (C=O) groups is 1. The first-order valence-electron chi connectivity index (χ1n) is 12.5. The molecule has 3 rings (SSSR count). The molecule has 0 bridgehead atoms. The summed E-state index contributed by atoms with van der Waals surface area (Å²) in [5, 5.41) is 20.8. The second-order valence-corrected chi connectivity index (χ2v) is 9.43. The van der Waals surface area contributed by atoms with E-state index in [-0.39, 0.29) is 40.8 Å². The second-order valence-electron chi connectivity index (χ2n) is 9.43. The minimum atomic E-state index is -0.581. The first-order valence-corrected chi connectivity index (χ1v) is 12.5. The van der Waals surface area contributed by atoms with Crippen molar-refractivity contribution in [3.05, 3.63) is 50.8 Å². The number of aromatic hydroxyl groups is 1. The molecule has 0 aliphatic heterocycles. The Bertz CT molecular complexity index is 1150. The topological polar surface area (TPSA) is 102 Å². The van der Waals surface area contributed by atoms with Gasteiger partial charge in [0.25, 0.3) is 5.56 Å². The lowest BCUT2D eigenvalue weighted by atomic mass is 9.76. The number of hydrogen-bond donors (Lipinski definition) is 1. The van der Waals surface area contributed by atoms with Gasteiger partial charge in [-0.2, -0.15) is 5.26 Å². The molecular formula is C28H36N2O5. The SMILES string of the molecule is CCCCC1CCC(C(=O)c2c(C)c(C#N)c(=O)n(CCc3ccc(OC)c(OC)c3)c2O)CC1. The molecule has 1 aliphatic rings. The summed E-state index contributed by atoms with van der Waals surface area (Å²) >= 11 is 0. The molecule has 2 aromatic rings. The highest BCUT2D eigenvalue weighted by molar-refractivity contribution is 6.01. The van der Waals surface area contributed by atoms with Crippen LogP contribution < -0.4 is 15.0 Å². The maximum atomic E-state index is 13.5. The van der Waals surface area contributed by atoms with Crippen molar-refractivity contribution >= 4 is 5.78 Å². The highest BCUT2D eigenvalue weighted by atomic mass is 16.5. The van der Waals surface area contributed by atoms with Gasteiger partial charge in [-0.3, -0.25) is 14.2 Å². The van der Waals surface area contributed by atoms with Crippen LogP contribution in [-0.2, 0) is 13.0 Å². The van der Waals surface area contributed by atoms with Crippen LogP contribution in [0.3, 0.4) is 0 Å². The molecule has 1 N–H and O–H groups in total. The molecule has 1 aliphatic carbocycles. The predicted molar refractivity (Wildman–Crippen MR) is 134 cm³/mol. The van der Waals surface area contributed by atoms with E-state index in [0.29, 0.717) is 23.8 Å². The fraction of sp³-hybridized carbons (Fsp3) is 0.536. The molecule has 7 heteroatoms. The zero-order valence-corrected chi connectivity index (χ0v) is 21.2. The standard InChI is InChI=1S/C28H36N2O5/c1-5-6-7-19-8-11-21(12-9-19)26(31)25-18(2)22(17-29)27(32)30(28(25)33)15-14-20-10-13-23(34-3)24(16-20)35-4/h10,13,16,19,21,33H,5-9,11-12,14-15H2,1-4H3. The summed E-state index contributed by atoms with van der Waals surface area (Å²) in [5.41, 5.74) is 0.588. The first-order chi connectivity index (χ1) is 16.9. The smallest absolute Gasteiger partial charge is 0.271 e. The van der Waals surface area contributed by atoms with Gasteiger partial charge in [0.2, 0.25) is 5.88 Å². The van der Waals surface area contributed by atoms with E-state index >= 15 is 0 Å². The summed E-state index contributed by atoms with van der Waals surface area (Å²) in [7, 11) is 3.10. The molecule has 1 saturated carbocycles. The number of aryl methyl sites for hydroxylation is 1. The zero-order valence-electron chi connectivity index (χ0n) is 21.2. The average molecular weight is 481 g/mol. The average Bonchev–Trinajstić information content (AvgIpc) is 2.87. The minimum absolute atomic E-state index is 0.0879. The van der Waals surface area contributed by atoms with Crippen LogP contribution in [0.15, 0.2) is 23.0 Å². The van der Waals surface area contributed by atoms with Crippen molar-refractivity contribution in [2.45, 2.75) is 71.8 Å². The number of unbranched alkanes of at least 4 members (excludes halogenated alkanes) is 1. The molecule has 0 amide bonds. The van der Waals surface area contributed by atoms with Gasteiger partial charge in [-0.05, 0) is 68.2 Å². The third-order valence-electron chi connectivity index (χ3n) is 7.30. The molecule has 188 valence electrons. The fourth-order valence-corrected chi connectivity index (χ4v) is 5.14. The van der Waals surface area contributed by atoms with Crippen molar-refractivity contribution in [1.82, 2.24) is 4.57 Å². The second kappa shape index (κ2) is 11.9. The normalized spacial score (nSPS) is 17.6. The number of methoxy groups -OCH3 is 2. The number of pyridine rings is 1. The van der Waals surface area contributed by atoms with E-state index in [1.807, 2.05) is 18.2 Å². The number of benzene rings is 1.